The van der Waals surface area contributed by atoms with Crippen molar-refractivity contribution in [3.63, 3.8) is 0 Å². The van der Waals surface area contributed by atoms with Crippen LogP contribution in [0.5, 0.6) is 0 Å². The first-order valence-corrected chi connectivity index (χ1v) is 11.9. The number of morpholine rings is 2. The molecule has 4 heterocycles. The van der Waals surface area contributed by atoms with Gasteiger partial charge in [0.15, 0.2) is 11.4 Å². The number of benzene rings is 2. The number of oxazole rings is 1. The average molecular weight is 488 g/mol. The summed E-state index contributed by atoms with van der Waals surface area (Å²) in [6, 6.07) is 14.6. The van der Waals surface area contributed by atoms with Gasteiger partial charge >= 0.3 is 6.01 Å². The predicted octanol–water partition coefficient (Wildman–Crippen LogP) is 2.61. The van der Waals surface area contributed by atoms with Gasteiger partial charge in [-0.05, 0) is 30.3 Å². The quantitative estimate of drug-likeness (QED) is 0.450. The van der Waals surface area contributed by atoms with E-state index >= 15 is 0 Å². The van der Waals surface area contributed by atoms with Crippen molar-refractivity contribution in [1.29, 1.82) is 0 Å². The zero-order chi connectivity index (χ0) is 24.3. The summed E-state index contributed by atoms with van der Waals surface area (Å²) in [6.07, 6.45) is 0. The fourth-order valence-corrected chi connectivity index (χ4v) is 4.17. The van der Waals surface area contributed by atoms with Gasteiger partial charge in [0.25, 0.3) is 5.91 Å². The molecular weight excluding hydrogens is 462 g/mol. The van der Waals surface area contributed by atoms with E-state index in [2.05, 4.69) is 20.1 Å². The van der Waals surface area contributed by atoms with Crippen LogP contribution in [0.1, 0.15) is 10.4 Å². The maximum absolute atomic E-state index is 12.5. The molecular formula is C25H25N7O4. The van der Waals surface area contributed by atoms with Gasteiger partial charge in [-0.25, -0.2) is 0 Å². The molecule has 11 nitrogen and oxygen atoms in total. The SMILES string of the molecule is O=C(Nc1nc2cc(-c3nc(N4CCOCC4)nc(N4CCOCC4)n3)ccc2o1)c1ccccc1. The molecule has 1 amide bonds. The number of aromatic nitrogens is 4. The Kier molecular flexibility index (Phi) is 6.14. The molecule has 0 radical (unpaired) electrons. The van der Waals surface area contributed by atoms with Crippen LogP contribution >= 0.6 is 0 Å². The lowest BCUT2D eigenvalue weighted by Crippen LogP contribution is -2.40. The summed E-state index contributed by atoms with van der Waals surface area (Å²) in [6.45, 7) is 5.42. The average Bonchev–Trinajstić information content (AvgIpc) is 3.35. The highest BCUT2D eigenvalue weighted by molar-refractivity contribution is 6.03. The first-order chi connectivity index (χ1) is 17.7. The largest absolute Gasteiger partial charge is 0.423 e. The van der Waals surface area contributed by atoms with Crippen LogP contribution < -0.4 is 15.1 Å². The standard InChI is InChI=1S/C25H25N7O4/c33-22(17-4-2-1-3-5-17)29-25-26-19-16-18(6-7-20(19)36-25)21-27-23(31-8-12-34-13-9-31)30-24(28-21)32-10-14-35-15-11-32/h1-7,16H,8-15H2,(H,26,29,33). The molecule has 1 N–H and O–H groups in total. The Morgan fingerprint density at radius 1 is 0.778 bits per heavy atom. The van der Waals surface area contributed by atoms with Crippen LogP contribution in [0.25, 0.3) is 22.5 Å². The number of nitrogens with zero attached hydrogens (tertiary/aromatic N) is 6. The molecule has 2 saturated heterocycles. The van der Waals surface area contributed by atoms with Crippen LogP contribution in [-0.4, -0.2) is 78.4 Å². The van der Waals surface area contributed by atoms with E-state index in [0.717, 1.165) is 31.7 Å². The second kappa shape index (κ2) is 9.88. The third-order valence-corrected chi connectivity index (χ3v) is 6.10. The van der Waals surface area contributed by atoms with E-state index < -0.39 is 0 Å². The third kappa shape index (κ3) is 4.70. The summed E-state index contributed by atoms with van der Waals surface area (Å²) in [7, 11) is 0. The molecule has 2 aromatic carbocycles. The van der Waals surface area contributed by atoms with Crippen LogP contribution in [0.2, 0.25) is 0 Å². The summed E-state index contributed by atoms with van der Waals surface area (Å²) < 4.78 is 16.7. The maximum Gasteiger partial charge on any atom is 0.302 e. The number of ether oxygens (including phenoxy) is 2. The number of carbonyl (C=O) groups is 1. The number of rotatable bonds is 5. The van der Waals surface area contributed by atoms with Gasteiger partial charge < -0.3 is 23.7 Å². The van der Waals surface area contributed by atoms with Gasteiger partial charge in [-0.1, -0.05) is 18.2 Å². The highest BCUT2D eigenvalue weighted by Gasteiger charge is 2.22. The van der Waals surface area contributed by atoms with E-state index in [1.807, 2.05) is 24.3 Å². The van der Waals surface area contributed by atoms with Crippen molar-refractivity contribution in [1.82, 2.24) is 19.9 Å². The van der Waals surface area contributed by atoms with Gasteiger partial charge in [-0.3, -0.25) is 10.1 Å². The zero-order valence-electron chi connectivity index (χ0n) is 19.6. The molecule has 6 rings (SSSR count). The Labute approximate surface area is 207 Å². The van der Waals surface area contributed by atoms with E-state index in [9.17, 15) is 4.79 Å². The number of carbonyl (C=O) groups excluding carboxylic acids is 1. The highest BCUT2D eigenvalue weighted by atomic mass is 16.5. The molecule has 0 unspecified atom stereocenters. The number of amides is 1. The highest BCUT2D eigenvalue weighted by Crippen LogP contribution is 2.27. The second-order valence-corrected chi connectivity index (χ2v) is 8.48. The van der Waals surface area contributed by atoms with Crippen molar-refractivity contribution in [2.75, 3.05) is 67.7 Å². The first-order valence-electron chi connectivity index (χ1n) is 11.9. The van der Waals surface area contributed by atoms with Crippen molar-refractivity contribution < 1.29 is 18.7 Å². The third-order valence-electron chi connectivity index (χ3n) is 6.10. The van der Waals surface area contributed by atoms with Gasteiger partial charge in [0, 0.05) is 37.3 Å². The topological polar surface area (TPSA) is 119 Å². The van der Waals surface area contributed by atoms with Crippen LogP contribution in [0.4, 0.5) is 17.9 Å². The fraction of sp³-hybridized carbons (Fsp3) is 0.320. The molecule has 2 aromatic heterocycles. The summed E-state index contributed by atoms with van der Waals surface area (Å²) in [4.78, 5) is 35.5. The van der Waals surface area contributed by atoms with Gasteiger partial charge in [-0.2, -0.15) is 19.9 Å². The predicted molar refractivity (Wildman–Crippen MR) is 133 cm³/mol. The number of fused-ring (bicyclic) bond motifs is 1. The van der Waals surface area contributed by atoms with Gasteiger partial charge in [0.05, 0.1) is 26.4 Å². The molecule has 36 heavy (non-hydrogen) atoms. The summed E-state index contributed by atoms with van der Waals surface area (Å²) in [5.41, 5.74) is 2.45. The minimum Gasteiger partial charge on any atom is -0.423 e. The number of anilines is 3. The lowest BCUT2D eigenvalue weighted by molar-refractivity contribution is 0.102. The normalized spacial score (nSPS) is 16.3. The van der Waals surface area contributed by atoms with Crippen molar-refractivity contribution in [3.05, 3.63) is 54.1 Å². The smallest absolute Gasteiger partial charge is 0.302 e. The Balaban J connectivity index is 1.32. The lowest BCUT2D eigenvalue weighted by atomic mass is 10.2. The fourth-order valence-electron chi connectivity index (χ4n) is 4.17. The van der Waals surface area contributed by atoms with Gasteiger partial charge in [-0.15, -0.1) is 0 Å². The molecule has 0 aliphatic carbocycles. The molecule has 11 heteroatoms. The molecule has 0 atom stereocenters. The van der Waals surface area contributed by atoms with Crippen LogP contribution in [0.3, 0.4) is 0 Å². The monoisotopic (exact) mass is 487 g/mol. The van der Waals surface area contributed by atoms with Crippen LogP contribution in [0, 0.1) is 0 Å². The summed E-state index contributed by atoms with van der Waals surface area (Å²) in [5.74, 6) is 1.51. The number of nitrogens with one attached hydrogen (secondary N) is 1. The number of hydrogen-bond acceptors (Lipinski definition) is 10. The molecule has 0 saturated carbocycles. The maximum atomic E-state index is 12.5. The molecule has 2 aliphatic heterocycles. The van der Waals surface area contributed by atoms with Crippen molar-refractivity contribution >= 4 is 34.9 Å². The summed E-state index contributed by atoms with van der Waals surface area (Å²) in [5, 5.41) is 2.72. The van der Waals surface area contributed by atoms with Gasteiger partial charge in [0.2, 0.25) is 11.9 Å². The zero-order valence-corrected chi connectivity index (χ0v) is 19.6. The van der Waals surface area contributed by atoms with E-state index in [-0.39, 0.29) is 11.9 Å². The second-order valence-electron chi connectivity index (χ2n) is 8.48. The van der Waals surface area contributed by atoms with Crippen molar-refractivity contribution in [2.24, 2.45) is 0 Å². The van der Waals surface area contributed by atoms with Gasteiger partial charge in [0.1, 0.15) is 5.52 Å². The lowest BCUT2D eigenvalue weighted by Gasteiger charge is -2.30. The Morgan fingerprint density at radius 3 is 2.06 bits per heavy atom. The molecule has 4 aromatic rings. The number of hydrogen-bond donors (Lipinski definition) is 1. The molecule has 2 fully saturated rings. The molecule has 184 valence electrons. The van der Waals surface area contributed by atoms with E-state index in [1.165, 1.54) is 0 Å². The Bertz CT molecular complexity index is 1330. The van der Waals surface area contributed by atoms with Crippen LogP contribution in [-0.2, 0) is 9.47 Å². The van der Waals surface area contributed by atoms with E-state index in [0.29, 0.717) is 60.8 Å². The molecule has 2 aliphatic rings. The van der Waals surface area contributed by atoms with Crippen molar-refractivity contribution in [2.45, 2.75) is 0 Å². The van der Waals surface area contributed by atoms with E-state index in [1.54, 1.807) is 24.3 Å². The first kappa shape index (κ1) is 22.4. The minimum atomic E-state index is -0.287. The summed E-state index contributed by atoms with van der Waals surface area (Å²) >= 11 is 0. The minimum absolute atomic E-state index is 0.134. The van der Waals surface area contributed by atoms with E-state index in [4.69, 9.17) is 28.8 Å². The Hall–Kier alpha value is -4.09. The molecule has 0 spiro atoms. The van der Waals surface area contributed by atoms with Crippen molar-refractivity contribution in [3.8, 4) is 11.4 Å². The van der Waals surface area contributed by atoms with Crippen LogP contribution in [0.15, 0.2) is 52.9 Å². The molecule has 0 bridgehead atoms. The Morgan fingerprint density at radius 2 is 1.42 bits per heavy atom.